The topological polar surface area (TPSA) is 21.5 Å². The van der Waals surface area contributed by atoms with Crippen LogP contribution in [0.25, 0.3) is 5.52 Å². The van der Waals surface area contributed by atoms with Crippen LogP contribution < -0.4 is 0 Å². The summed E-state index contributed by atoms with van der Waals surface area (Å²) in [5.41, 5.74) is 5.29. The number of Topliss-reactive ketones (excluding diaryl/α,β-unsaturated/α-hetero) is 1. The Hall–Kier alpha value is -2.42. The normalized spacial score (nSPS) is 19.6. The average Bonchev–Trinajstić information content (AvgIpc) is 3.14. The van der Waals surface area contributed by atoms with E-state index in [0.717, 1.165) is 48.9 Å². The first kappa shape index (κ1) is 21.8. The van der Waals surface area contributed by atoms with Crippen LogP contribution in [0, 0.1) is 24.6 Å². The van der Waals surface area contributed by atoms with E-state index in [4.69, 9.17) is 0 Å². The van der Waals surface area contributed by atoms with Gasteiger partial charge in [0.25, 0.3) is 0 Å². The Kier molecular flexibility index (Phi) is 6.05. The number of hydrogen-bond acceptors (Lipinski definition) is 1. The van der Waals surface area contributed by atoms with Crippen molar-refractivity contribution in [2.45, 2.75) is 71.6 Å². The van der Waals surface area contributed by atoms with Crippen LogP contribution in [-0.4, -0.2) is 10.2 Å². The average molecular weight is 420 g/mol. The van der Waals surface area contributed by atoms with Crippen LogP contribution in [0.2, 0.25) is 0 Å². The number of aromatic nitrogens is 1. The van der Waals surface area contributed by atoms with E-state index in [9.17, 15) is 9.18 Å². The van der Waals surface area contributed by atoms with E-state index in [-0.39, 0.29) is 17.0 Å². The minimum Gasteiger partial charge on any atom is -0.320 e. The fourth-order valence-corrected chi connectivity index (χ4v) is 4.87. The minimum absolute atomic E-state index is 0.0435. The number of nitrogens with zero attached hydrogens (tertiary/aromatic N) is 1. The van der Waals surface area contributed by atoms with Gasteiger partial charge in [0, 0.05) is 29.4 Å². The lowest BCUT2D eigenvalue weighted by atomic mass is 9.77. The first-order valence-corrected chi connectivity index (χ1v) is 11.6. The molecule has 0 N–H and O–H groups in total. The van der Waals surface area contributed by atoms with E-state index in [0.29, 0.717) is 18.3 Å². The largest absolute Gasteiger partial charge is 0.320 e. The number of rotatable bonds is 5. The monoisotopic (exact) mass is 419 g/mol. The molecular weight excluding hydrogens is 385 g/mol. The molecule has 1 aliphatic carbocycles. The van der Waals surface area contributed by atoms with Gasteiger partial charge < -0.3 is 4.40 Å². The van der Waals surface area contributed by atoms with Gasteiger partial charge in [-0.25, -0.2) is 4.39 Å². The lowest BCUT2D eigenvalue weighted by Gasteiger charge is -2.28. The molecule has 1 aliphatic rings. The highest BCUT2D eigenvalue weighted by molar-refractivity contribution is 5.96. The van der Waals surface area contributed by atoms with Gasteiger partial charge in [0.15, 0.2) is 5.78 Å². The molecular formula is C28H34FNO. The lowest BCUT2D eigenvalue weighted by molar-refractivity contribution is 0.0942. The third kappa shape index (κ3) is 5.08. The van der Waals surface area contributed by atoms with Crippen molar-refractivity contribution in [1.82, 2.24) is 4.40 Å². The third-order valence-electron chi connectivity index (χ3n) is 6.93. The quantitative estimate of drug-likeness (QED) is 0.397. The van der Waals surface area contributed by atoms with Gasteiger partial charge >= 0.3 is 0 Å². The second-order valence-electron chi connectivity index (χ2n) is 10.5. The molecule has 3 aromatic rings. The molecule has 4 rings (SSSR count). The minimum atomic E-state index is -0.154. The molecule has 0 saturated heterocycles. The van der Waals surface area contributed by atoms with E-state index < -0.39 is 0 Å². The molecule has 0 amide bonds. The van der Waals surface area contributed by atoms with Crippen molar-refractivity contribution in [2.75, 3.05) is 0 Å². The number of fused-ring (bicyclic) bond motifs is 1. The standard InChI is InChI=1S/C28H34FNO/c1-19-5-11-22(12-6-19)27(31)14-21-9-7-20(8-10-21)13-25-16-24(29)17-26-15-23(18-30(25)26)28(2,3)4/h5-6,11-12,15-18,20-21H,7-10,13-14H2,1-4H3. The smallest absolute Gasteiger partial charge is 0.163 e. The Bertz CT molecular complexity index is 1060. The molecule has 0 atom stereocenters. The summed E-state index contributed by atoms with van der Waals surface area (Å²) >= 11 is 0. The summed E-state index contributed by atoms with van der Waals surface area (Å²) in [5.74, 6) is 1.13. The summed E-state index contributed by atoms with van der Waals surface area (Å²) in [6.45, 7) is 8.62. The summed E-state index contributed by atoms with van der Waals surface area (Å²) in [7, 11) is 0. The van der Waals surface area contributed by atoms with Gasteiger partial charge in [0.05, 0.1) is 0 Å². The third-order valence-corrected chi connectivity index (χ3v) is 6.93. The highest BCUT2D eigenvalue weighted by atomic mass is 19.1. The number of carbonyl (C=O) groups is 1. The number of ketones is 1. The van der Waals surface area contributed by atoms with Crippen molar-refractivity contribution in [1.29, 1.82) is 0 Å². The molecule has 1 aromatic carbocycles. The predicted molar refractivity (Wildman–Crippen MR) is 125 cm³/mol. The summed E-state index contributed by atoms with van der Waals surface area (Å²) in [6.07, 6.45) is 8.10. The predicted octanol–water partition coefficient (Wildman–Crippen LogP) is 7.31. The van der Waals surface area contributed by atoms with Gasteiger partial charge in [-0.1, -0.05) is 50.6 Å². The molecule has 0 aliphatic heterocycles. The molecule has 1 fully saturated rings. The summed E-state index contributed by atoms with van der Waals surface area (Å²) in [5, 5.41) is 0. The number of halogens is 1. The van der Waals surface area contributed by atoms with Crippen molar-refractivity contribution in [3.8, 4) is 0 Å². The molecule has 2 nitrogen and oxygen atoms in total. The van der Waals surface area contributed by atoms with Crippen LogP contribution in [-0.2, 0) is 11.8 Å². The van der Waals surface area contributed by atoms with Crippen molar-refractivity contribution in [3.63, 3.8) is 0 Å². The van der Waals surface area contributed by atoms with Crippen molar-refractivity contribution < 1.29 is 9.18 Å². The zero-order valence-corrected chi connectivity index (χ0v) is 19.2. The van der Waals surface area contributed by atoms with Gasteiger partial charge in [-0.3, -0.25) is 4.79 Å². The zero-order chi connectivity index (χ0) is 22.2. The van der Waals surface area contributed by atoms with Gasteiger partial charge in [-0.05, 0) is 80.0 Å². The number of hydrogen-bond donors (Lipinski definition) is 0. The maximum Gasteiger partial charge on any atom is 0.163 e. The van der Waals surface area contributed by atoms with Crippen LogP contribution in [0.15, 0.2) is 48.7 Å². The molecule has 2 heterocycles. The van der Waals surface area contributed by atoms with Crippen molar-refractivity contribution in [3.05, 3.63) is 76.9 Å². The highest BCUT2D eigenvalue weighted by Gasteiger charge is 2.25. The fraction of sp³-hybridized carbons (Fsp3) is 0.464. The van der Waals surface area contributed by atoms with Crippen LogP contribution >= 0.6 is 0 Å². The molecule has 31 heavy (non-hydrogen) atoms. The second kappa shape index (κ2) is 8.61. The van der Waals surface area contributed by atoms with Crippen LogP contribution in [0.5, 0.6) is 0 Å². The molecule has 0 unspecified atom stereocenters. The fourth-order valence-electron chi connectivity index (χ4n) is 4.87. The van der Waals surface area contributed by atoms with Gasteiger partial charge in [0.1, 0.15) is 5.82 Å². The van der Waals surface area contributed by atoms with Gasteiger partial charge in [-0.2, -0.15) is 0 Å². The van der Waals surface area contributed by atoms with Gasteiger partial charge in [0.2, 0.25) is 0 Å². The van der Waals surface area contributed by atoms with E-state index in [2.05, 4.69) is 37.4 Å². The van der Waals surface area contributed by atoms with E-state index in [1.54, 1.807) is 12.1 Å². The summed E-state index contributed by atoms with van der Waals surface area (Å²) in [6, 6.07) is 13.4. The SMILES string of the molecule is Cc1ccc(C(=O)CC2CCC(Cc3cc(F)cc4cc(C(C)(C)C)cn34)CC2)cc1. The summed E-state index contributed by atoms with van der Waals surface area (Å²) in [4.78, 5) is 12.6. The highest BCUT2D eigenvalue weighted by Crippen LogP contribution is 2.34. The Morgan fingerprint density at radius 1 is 1.00 bits per heavy atom. The number of benzene rings is 1. The Labute approximate surface area is 185 Å². The first-order chi connectivity index (χ1) is 14.7. The lowest BCUT2D eigenvalue weighted by Crippen LogP contribution is -2.19. The number of aryl methyl sites for hydroxylation is 1. The molecule has 164 valence electrons. The summed E-state index contributed by atoms with van der Waals surface area (Å²) < 4.78 is 16.5. The number of pyridine rings is 1. The van der Waals surface area contributed by atoms with Crippen LogP contribution in [0.3, 0.4) is 0 Å². The zero-order valence-electron chi connectivity index (χ0n) is 19.2. The Morgan fingerprint density at radius 3 is 2.29 bits per heavy atom. The Morgan fingerprint density at radius 2 is 1.65 bits per heavy atom. The molecule has 2 aromatic heterocycles. The number of carbonyl (C=O) groups excluding carboxylic acids is 1. The van der Waals surface area contributed by atoms with Crippen molar-refractivity contribution in [2.24, 2.45) is 11.8 Å². The van der Waals surface area contributed by atoms with E-state index in [1.807, 2.05) is 31.2 Å². The maximum atomic E-state index is 14.3. The van der Waals surface area contributed by atoms with Crippen LogP contribution in [0.4, 0.5) is 4.39 Å². The molecule has 0 radical (unpaired) electrons. The van der Waals surface area contributed by atoms with E-state index >= 15 is 0 Å². The first-order valence-electron chi connectivity index (χ1n) is 11.6. The van der Waals surface area contributed by atoms with Crippen LogP contribution in [0.1, 0.15) is 80.1 Å². The van der Waals surface area contributed by atoms with E-state index in [1.165, 1.54) is 11.1 Å². The molecule has 3 heteroatoms. The van der Waals surface area contributed by atoms with Crippen molar-refractivity contribution >= 4 is 11.3 Å². The molecule has 1 saturated carbocycles. The molecule has 0 bridgehead atoms. The Balaban J connectivity index is 1.39. The molecule has 0 spiro atoms. The second-order valence-corrected chi connectivity index (χ2v) is 10.5. The maximum absolute atomic E-state index is 14.3. The van der Waals surface area contributed by atoms with Gasteiger partial charge in [-0.15, -0.1) is 0 Å².